The van der Waals surface area contributed by atoms with Crippen LogP contribution < -0.4 is 4.90 Å². The van der Waals surface area contributed by atoms with Gasteiger partial charge in [-0.1, -0.05) is 13.8 Å². The number of hydrogen-bond donors (Lipinski definition) is 1. The molecule has 1 amide bonds. The van der Waals surface area contributed by atoms with E-state index in [0.29, 0.717) is 12.1 Å². The molecule has 4 nitrogen and oxygen atoms in total. The van der Waals surface area contributed by atoms with Crippen LogP contribution in [-0.2, 0) is 0 Å². The van der Waals surface area contributed by atoms with E-state index in [2.05, 4.69) is 18.9 Å². The largest absolute Gasteiger partial charge is 0.391 e. The smallest absolute Gasteiger partial charge is 0.253 e. The van der Waals surface area contributed by atoms with Gasteiger partial charge in [-0.15, -0.1) is 0 Å². The van der Waals surface area contributed by atoms with E-state index in [1.54, 1.807) is 4.90 Å². The number of rotatable bonds is 4. The number of nitrogens with zero attached hydrogens (tertiary/aromatic N) is 2. The fourth-order valence-corrected chi connectivity index (χ4v) is 2.74. The number of β-amino-alcohol motifs (C(OH)–C–C–N with tert-alkyl or cyclic N) is 1. The van der Waals surface area contributed by atoms with Gasteiger partial charge in [0, 0.05) is 37.9 Å². The number of amides is 1. The van der Waals surface area contributed by atoms with Crippen LogP contribution in [0.2, 0.25) is 0 Å². The van der Waals surface area contributed by atoms with Crippen molar-refractivity contribution in [1.29, 1.82) is 0 Å². The number of piperidine rings is 1. The number of hydrogen-bond acceptors (Lipinski definition) is 3. The lowest BCUT2D eigenvalue weighted by molar-refractivity contribution is 0.0248. The highest BCUT2D eigenvalue weighted by Crippen LogP contribution is 2.20. The van der Waals surface area contributed by atoms with Crippen LogP contribution in [0.15, 0.2) is 24.3 Å². The van der Waals surface area contributed by atoms with Gasteiger partial charge in [-0.2, -0.15) is 0 Å². The van der Waals surface area contributed by atoms with E-state index in [4.69, 9.17) is 0 Å². The molecule has 116 valence electrons. The predicted octanol–water partition coefficient (Wildman–Crippen LogP) is 2.38. The summed E-state index contributed by atoms with van der Waals surface area (Å²) in [5.41, 5.74) is 1.83. The topological polar surface area (TPSA) is 43.8 Å². The normalized spacial score (nSPS) is 22.2. The maximum absolute atomic E-state index is 12.5. The number of aliphatic hydroxyl groups is 1. The number of anilines is 1. The van der Waals surface area contributed by atoms with Crippen LogP contribution in [0.1, 0.15) is 37.0 Å². The third kappa shape index (κ3) is 3.76. The lowest BCUT2D eigenvalue weighted by atomic mass is 9.95. The minimum absolute atomic E-state index is 0.0191. The fraction of sp³-hybridized carbons (Fsp3) is 0.588. The molecule has 1 aliphatic heterocycles. The molecule has 1 aliphatic rings. The van der Waals surface area contributed by atoms with E-state index in [-0.39, 0.29) is 11.8 Å². The molecule has 0 bridgehead atoms. The van der Waals surface area contributed by atoms with Crippen molar-refractivity contribution in [1.82, 2.24) is 4.90 Å². The maximum Gasteiger partial charge on any atom is 0.253 e. The first-order valence-electron chi connectivity index (χ1n) is 7.81. The zero-order valence-electron chi connectivity index (χ0n) is 13.2. The summed E-state index contributed by atoms with van der Waals surface area (Å²) in [6, 6.07) is 7.75. The molecule has 0 saturated carbocycles. The van der Waals surface area contributed by atoms with Crippen molar-refractivity contribution in [3.63, 3.8) is 0 Å². The molecule has 4 heteroatoms. The summed E-state index contributed by atoms with van der Waals surface area (Å²) in [6.07, 6.45) is 1.56. The number of likely N-dealkylation sites (tertiary alicyclic amines) is 1. The van der Waals surface area contributed by atoms with Crippen LogP contribution in [0.3, 0.4) is 0 Å². The van der Waals surface area contributed by atoms with Crippen LogP contribution in [0.5, 0.6) is 0 Å². The summed E-state index contributed by atoms with van der Waals surface area (Å²) in [6.45, 7) is 6.36. The highest BCUT2D eigenvalue weighted by molar-refractivity contribution is 5.94. The first-order valence-corrected chi connectivity index (χ1v) is 7.81. The summed E-state index contributed by atoms with van der Waals surface area (Å²) >= 11 is 0. The van der Waals surface area contributed by atoms with Crippen molar-refractivity contribution in [2.24, 2.45) is 5.92 Å². The molecule has 0 aromatic heterocycles. The van der Waals surface area contributed by atoms with Gasteiger partial charge in [0.05, 0.1) is 6.10 Å². The Bertz CT molecular complexity index is 472. The Labute approximate surface area is 127 Å². The second-order valence-corrected chi connectivity index (χ2v) is 6.05. The Kier molecular flexibility index (Phi) is 5.23. The second kappa shape index (κ2) is 6.94. The van der Waals surface area contributed by atoms with Gasteiger partial charge in [-0.25, -0.2) is 0 Å². The molecule has 1 saturated heterocycles. The predicted molar refractivity (Wildman–Crippen MR) is 85.7 cm³/mol. The number of benzene rings is 1. The summed E-state index contributed by atoms with van der Waals surface area (Å²) < 4.78 is 0. The summed E-state index contributed by atoms with van der Waals surface area (Å²) in [5, 5.41) is 9.92. The van der Waals surface area contributed by atoms with Gasteiger partial charge in [0.2, 0.25) is 0 Å². The van der Waals surface area contributed by atoms with Crippen LogP contribution in [-0.4, -0.2) is 48.7 Å². The van der Waals surface area contributed by atoms with Gasteiger partial charge >= 0.3 is 0 Å². The molecule has 1 heterocycles. The van der Waals surface area contributed by atoms with Crippen molar-refractivity contribution >= 4 is 11.6 Å². The molecule has 1 aromatic carbocycles. The Balaban J connectivity index is 2.03. The minimum Gasteiger partial charge on any atom is -0.391 e. The van der Waals surface area contributed by atoms with Crippen molar-refractivity contribution in [3.05, 3.63) is 29.8 Å². The zero-order valence-corrected chi connectivity index (χ0v) is 13.2. The van der Waals surface area contributed by atoms with Crippen LogP contribution >= 0.6 is 0 Å². The number of carbonyl (C=O) groups is 1. The Morgan fingerprint density at radius 3 is 2.62 bits per heavy atom. The highest BCUT2D eigenvalue weighted by Gasteiger charge is 2.27. The molecule has 1 fully saturated rings. The molecule has 0 radical (unpaired) electrons. The van der Waals surface area contributed by atoms with E-state index in [9.17, 15) is 9.90 Å². The van der Waals surface area contributed by atoms with Gasteiger partial charge in [-0.05, 0) is 43.0 Å². The Morgan fingerprint density at radius 1 is 1.38 bits per heavy atom. The third-order valence-electron chi connectivity index (χ3n) is 4.32. The molecular weight excluding hydrogens is 264 g/mol. The molecule has 2 unspecified atom stereocenters. The highest BCUT2D eigenvalue weighted by atomic mass is 16.3. The summed E-state index contributed by atoms with van der Waals surface area (Å²) in [5.74, 6) is 0.296. The zero-order chi connectivity index (χ0) is 15.4. The van der Waals surface area contributed by atoms with Crippen LogP contribution in [0.4, 0.5) is 5.69 Å². The molecule has 0 spiro atoms. The molecule has 0 aliphatic carbocycles. The minimum atomic E-state index is -0.405. The standard InChI is InChI=1S/C17H26N2O2/c1-4-10-18(3)15-7-5-14(6-8-15)17(21)19-11-9-13(2)16(20)12-19/h5-8,13,16,20H,4,9-12H2,1-3H3. The van der Waals surface area contributed by atoms with Gasteiger partial charge in [-0.3, -0.25) is 4.79 Å². The number of carbonyl (C=O) groups excluding carboxylic acids is 1. The van der Waals surface area contributed by atoms with E-state index < -0.39 is 6.10 Å². The average molecular weight is 290 g/mol. The van der Waals surface area contributed by atoms with Crippen LogP contribution in [0, 0.1) is 5.92 Å². The summed E-state index contributed by atoms with van der Waals surface area (Å²) in [7, 11) is 2.06. The van der Waals surface area contributed by atoms with Crippen molar-refractivity contribution in [3.8, 4) is 0 Å². The SMILES string of the molecule is CCCN(C)c1ccc(C(=O)N2CCC(C)C(O)C2)cc1. The quantitative estimate of drug-likeness (QED) is 0.926. The molecule has 1 N–H and O–H groups in total. The first-order chi connectivity index (χ1) is 10.0. The van der Waals surface area contributed by atoms with E-state index in [1.807, 2.05) is 31.2 Å². The maximum atomic E-state index is 12.5. The van der Waals surface area contributed by atoms with Crippen molar-refractivity contribution in [2.75, 3.05) is 31.6 Å². The molecule has 1 aromatic rings. The summed E-state index contributed by atoms with van der Waals surface area (Å²) in [4.78, 5) is 16.4. The number of aliphatic hydroxyl groups excluding tert-OH is 1. The van der Waals surface area contributed by atoms with Gasteiger partial charge in [0.15, 0.2) is 0 Å². The average Bonchev–Trinajstić information content (AvgIpc) is 2.50. The van der Waals surface area contributed by atoms with Gasteiger partial charge in [0.25, 0.3) is 5.91 Å². The molecule has 2 rings (SSSR count). The first kappa shape index (κ1) is 15.8. The van der Waals surface area contributed by atoms with E-state index in [0.717, 1.165) is 31.6 Å². The third-order valence-corrected chi connectivity index (χ3v) is 4.32. The van der Waals surface area contributed by atoms with Crippen molar-refractivity contribution in [2.45, 2.75) is 32.8 Å². The van der Waals surface area contributed by atoms with Gasteiger partial charge in [0.1, 0.15) is 0 Å². The van der Waals surface area contributed by atoms with E-state index >= 15 is 0 Å². The van der Waals surface area contributed by atoms with E-state index in [1.165, 1.54) is 0 Å². The van der Waals surface area contributed by atoms with Crippen molar-refractivity contribution < 1.29 is 9.90 Å². The molecular formula is C17H26N2O2. The lowest BCUT2D eigenvalue weighted by Crippen LogP contribution is -2.45. The molecule has 2 atom stereocenters. The molecule has 21 heavy (non-hydrogen) atoms. The Morgan fingerprint density at radius 2 is 2.05 bits per heavy atom. The van der Waals surface area contributed by atoms with Crippen LogP contribution in [0.25, 0.3) is 0 Å². The Hall–Kier alpha value is -1.55. The lowest BCUT2D eigenvalue weighted by Gasteiger charge is -2.34. The fourth-order valence-electron chi connectivity index (χ4n) is 2.74. The monoisotopic (exact) mass is 290 g/mol. The van der Waals surface area contributed by atoms with Gasteiger partial charge < -0.3 is 14.9 Å². The second-order valence-electron chi connectivity index (χ2n) is 6.05.